The fourth-order valence-corrected chi connectivity index (χ4v) is 2.80. The van der Waals surface area contributed by atoms with Gasteiger partial charge < -0.3 is 10.0 Å². The summed E-state index contributed by atoms with van der Waals surface area (Å²) in [5, 5.41) is 9.29. The maximum atomic E-state index is 9.29. The predicted molar refractivity (Wildman–Crippen MR) is 69.6 cm³/mol. The molecule has 0 bridgehead atoms. The summed E-state index contributed by atoms with van der Waals surface area (Å²) in [6.07, 6.45) is 5.31. The van der Waals surface area contributed by atoms with Gasteiger partial charge in [-0.2, -0.15) is 0 Å². The molecule has 0 spiro atoms. The molecule has 1 heterocycles. The average Bonchev–Trinajstić information content (AvgIpc) is 2.30. The van der Waals surface area contributed by atoms with E-state index in [1.165, 1.54) is 38.8 Å². The van der Waals surface area contributed by atoms with Gasteiger partial charge in [-0.15, -0.1) is 0 Å². The number of piperidine rings is 1. The van der Waals surface area contributed by atoms with Crippen LogP contribution in [0.4, 0.5) is 0 Å². The number of hydrogen-bond donors (Lipinski definition) is 1. The highest BCUT2D eigenvalue weighted by molar-refractivity contribution is 4.85. The summed E-state index contributed by atoms with van der Waals surface area (Å²) in [5.74, 6) is 0. The van der Waals surface area contributed by atoms with Gasteiger partial charge in [-0.3, -0.25) is 0 Å². The van der Waals surface area contributed by atoms with Crippen molar-refractivity contribution in [1.82, 2.24) is 4.90 Å². The fourth-order valence-electron chi connectivity index (χ4n) is 2.80. The molecule has 0 atom stereocenters. The molecule has 16 heavy (non-hydrogen) atoms. The Bertz CT molecular complexity index is 199. The van der Waals surface area contributed by atoms with E-state index in [1.54, 1.807) is 0 Å². The monoisotopic (exact) mass is 227 g/mol. The lowest BCUT2D eigenvalue weighted by Gasteiger charge is -2.43. The van der Waals surface area contributed by atoms with Gasteiger partial charge in [0.1, 0.15) is 0 Å². The first-order valence-corrected chi connectivity index (χ1v) is 6.80. The maximum absolute atomic E-state index is 9.29. The highest BCUT2D eigenvalue weighted by Gasteiger charge is 2.32. The van der Waals surface area contributed by atoms with Crippen molar-refractivity contribution in [2.75, 3.05) is 26.2 Å². The Labute approximate surface area is 101 Å². The Kier molecular flexibility index (Phi) is 4.81. The van der Waals surface area contributed by atoms with Gasteiger partial charge in [0.15, 0.2) is 0 Å². The number of nitrogens with zero attached hydrogens (tertiary/aromatic N) is 1. The van der Waals surface area contributed by atoms with Crippen LogP contribution in [-0.2, 0) is 0 Å². The summed E-state index contributed by atoms with van der Waals surface area (Å²) in [5.41, 5.74) is 0.665. The third-order valence-corrected chi connectivity index (χ3v) is 4.50. The van der Waals surface area contributed by atoms with Crippen molar-refractivity contribution in [3.8, 4) is 0 Å². The molecule has 0 saturated carbocycles. The molecule has 2 heteroatoms. The highest BCUT2D eigenvalue weighted by atomic mass is 16.3. The number of likely N-dealkylation sites (tertiary alicyclic amines) is 1. The van der Waals surface area contributed by atoms with Crippen LogP contribution < -0.4 is 0 Å². The molecule has 96 valence electrons. The van der Waals surface area contributed by atoms with Gasteiger partial charge in [-0.1, -0.05) is 40.5 Å². The van der Waals surface area contributed by atoms with Gasteiger partial charge in [-0.05, 0) is 31.3 Å². The highest BCUT2D eigenvalue weighted by Crippen LogP contribution is 2.38. The Morgan fingerprint density at radius 3 is 2.00 bits per heavy atom. The molecule has 0 aromatic rings. The van der Waals surface area contributed by atoms with Gasteiger partial charge in [0, 0.05) is 18.6 Å². The van der Waals surface area contributed by atoms with Gasteiger partial charge >= 0.3 is 0 Å². The first-order chi connectivity index (χ1) is 7.47. The summed E-state index contributed by atoms with van der Waals surface area (Å²) in [7, 11) is 0. The third kappa shape index (κ3) is 3.46. The fraction of sp³-hybridized carbons (Fsp3) is 1.00. The van der Waals surface area contributed by atoms with Crippen LogP contribution in [0, 0.1) is 10.8 Å². The topological polar surface area (TPSA) is 23.5 Å². The van der Waals surface area contributed by atoms with Crippen LogP contribution in [0.2, 0.25) is 0 Å². The molecule has 0 radical (unpaired) electrons. The first-order valence-electron chi connectivity index (χ1n) is 6.80. The molecule has 0 unspecified atom stereocenters. The van der Waals surface area contributed by atoms with Crippen molar-refractivity contribution in [1.29, 1.82) is 0 Å². The minimum atomic E-state index is 0.0540. The number of aliphatic hydroxyl groups is 1. The van der Waals surface area contributed by atoms with Crippen molar-refractivity contribution in [2.45, 2.75) is 53.4 Å². The zero-order valence-electron chi connectivity index (χ0n) is 11.6. The van der Waals surface area contributed by atoms with E-state index in [-0.39, 0.29) is 12.0 Å². The number of rotatable bonds is 5. The van der Waals surface area contributed by atoms with Crippen LogP contribution >= 0.6 is 0 Å². The van der Waals surface area contributed by atoms with Crippen molar-refractivity contribution < 1.29 is 5.11 Å². The zero-order chi connectivity index (χ0) is 12.2. The Morgan fingerprint density at radius 1 is 1.12 bits per heavy atom. The lowest BCUT2D eigenvalue weighted by atomic mass is 9.74. The first kappa shape index (κ1) is 14.0. The summed E-state index contributed by atoms with van der Waals surface area (Å²) in [6.45, 7) is 12.7. The van der Waals surface area contributed by atoms with Crippen LogP contribution in [0.25, 0.3) is 0 Å². The van der Waals surface area contributed by atoms with E-state index in [2.05, 4.69) is 32.6 Å². The van der Waals surface area contributed by atoms with E-state index in [1.807, 2.05) is 0 Å². The van der Waals surface area contributed by atoms with Gasteiger partial charge in [0.2, 0.25) is 0 Å². The molecule has 1 aliphatic heterocycles. The van der Waals surface area contributed by atoms with Crippen LogP contribution in [0.3, 0.4) is 0 Å². The molecule has 0 aromatic carbocycles. The van der Waals surface area contributed by atoms with Crippen molar-refractivity contribution in [3.05, 3.63) is 0 Å². The molecule has 0 amide bonds. The molecule has 2 nitrogen and oxygen atoms in total. The Balaban J connectivity index is 2.43. The number of aliphatic hydroxyl groups excluding tert-OH is 1. The van der Waals surface area contributed by atoms with E-state index in [9.17, 15) is 5.11 Å². The van der Waals surface area contributed by atoms with E-state index in [4.69, 9.17) is 0 Å². The smallest absolute Gasteiger partial charge is 0.0494 e. The van der Waals surface area contributed by atoms with Gasteiger partial charge in [0.25, 0.3) is 0 Å². The van der Waals surface area contributed by atoms with E-state index >= 15 is 0 Å². The SMILES string of the molecule is CCC1(CC)CCN(CC(C)(C)CO)CC1. The van der Waals surface area contributed by atoms with Crippen molar-refractivity contribution >= 4 is 0 Å². The summed E-state index contributed by atoms with van der Waals surface area (Å²) >= 11 is 0. The van der Waals surface area contributed by atoms with Crippen LogP contribution in [0.15, 0.2) is 0 Å². The molecule has 0 aromatic heterocycles. The van der Waals surface area contributed by atoms with Crippen molar-refractivity contribution in [3.63, 3.8) is 0 Å². The van der Waals surface area contributed by atoms with Crippen LogP contribution in [0.1, 0.15) is 53.4 Å². The van der Waals surface area contributed by atoms with Crippen LogP contribution in [-0.4, -0.2) is 36.2 Å². The lowest BCUT2D eigenvalue weighted by molar-refractivity contribution is 0.0482. The van der Waals surface area contributed by atoms with Gasteiger partial charge in [-0.25, -0.2) is 0 Å². The summed E-state index contributed by atoms with van der Waals surface area (Å²) < 4.78 is 0. The summed E-state index contributed by atoms with van der Waals surface area (Å²) in [6, 6.07) is 0. The summed E-state index contributed by atoms with van der Waals surface area (Å²) in [4.78, 5) is 2.53. The second-order valence-corrected chi connectivity index (χ2v) is 6.31. The minimum absolute atomic E-state index is 0.0540. The third-order valence-electron chi connectivity index (χ3n) is 4.50. The van der Waals surface area contributed by atoms with Crippen molar-refractivity contribution in [2.24, 2.45) is 10.8 Å². The lowest BCUT2D eigenvalue weighted by Crippen LogP contribution is -2.44. The second-order valence-electron chi connectivity index (χ2n) is 6.31. The predicted octanol–water partition coefficient (Wildman–Crippen LogP) is 2.91. The van der Waals surface area contributed by atoms with Crippen LogP contribution in [0.5, 0.6) is 0 Å². The molecule has 0 aliphatic carbocycles. The molecule has 1 rings (SSSR count). The number of hydrogen-bond acceptors (Lipinski definition) is 2. The molecule has 1 aliphatic rings. The zero-order valence-corrected chi connectivity index (χ0v) is 11.6. The normalized spacial score (nSPS) is 22.3. The maximum Gasteiger partial charge on any atom is 0.0494 e. The van der Waals surface area contributed by atoms with E-state index in [0.29, 0.717) is 5.41 Å². The van der Waals surface area contributed by atoms with Gasteiger partial charge in [0.05, 0.1) is 0 Å². The van der Waals surface area contributed by atoms with E-state index < -0.39 is 0 Å². The molecule has 1 saturated heterocycles. The quantitative estimate of drug-likeness (QED) is 0.780. The largest absolute Gasteiger partial charge is 0.396 e. The standard InChI is InChI=1S/C14H29NO/c1-5-14(6-2)7-9-15(10-8-14)11-13(3,4)12-16/h16H,5-12H2,1-4H3. The molecular formula is C14H29NO. The molecule has 1 N–H and O–H groups in total. The Morgan fingerprint density at radius 2 is 1.62 bits per heavy atom. The minimum Gasteiger partial charge on any atom is -0.396 e. The average molecular weight is 227 g/mol. The second kappa shape index (κ2) is 5.50. The molecular weight excluding hydrogens is 198 g/mol. The Hall–Kier alpha value is -0.0800. The van der Waals surface area contributed by atoms with E-state index in [0.717, 1.165) is 6.54 Å². The molecule has 1 fully saturated rings.